The number of halogens is 1. The van der Waals surface area contributed by atoms with Gasteiger partial charge in [-0.2, -0.15) is 0 Å². The summed E-state index contributed by atoms with van der Waals surface area (Å²) < 4.78 is 20.3. The lowest BCUT2D eigenvalue weighted by Crippen LogP contribution is -2.31. The van der Waals surface area contributed by atoms with Gasteiger partial charge in [-0.25, -0.2) is 4.39 Å². The van der Waals surface area contributed by atoms with Crippen LogP contribution in [0, 0.1) is 5.82 Å². The number of hydrogen-bond donors (Lipinski definition) is 1. The zero-order valence-corrected chi connectivity index (χ0v) is 17.9. The van der Waals surface area contributed by atoms with Crippen LogP contribution in [-0.2, 0) is 9.59 Å². The van der Waals surface area contributed by atoms with Gasteiger partial charge in [0.15, 0.2) is 0 Å². The average Bonchev–Trinajstić information content (AvgIpc) is 3.03. The highest BCUT2D eigenvalue weighted by atomic mass is 19.1. The Labute approximate surface area is 182 Å². The Morgan fingerprint density at radius 1 is 1.03 bits per heavy atom. The smallest absolute Gasteiger partial charge is 0.295 e. The second-order valence-corrected chi connectivity index (χ2v) is 7.59. The normalized spacial score (nSPS) is 17.9. The molecule has 0 spiro atoms. The molecule has 1 aliphatic heterocycles. The van der Waals surface area contributed by atoms with Gasteiger partial charge < -0.3 is 14.7 Å². The molecule has 0 saturated carbocycles. The minimum absolute atomic E-state index is 0.0891. The van der Waals surface area contributed by atoms with E-state index in [0.29, 0.717) is 30.9 Å². The van der Waals surface area contributed by atoms with E-state index in [-0.39, 0.29) is 16.9 Å². The van der Waals surface area contributed by atoms with Crippen molar-refractivity contribution in [3.63, 3.8) is 0 Å². The van der Waals surface area contributed by atoms with E-state index in [9.17, 15) is 19.1 Å². The van der Waals surface area contributed by atoms with E-state index in [1.807, 2.05) is 13.8 Å². The summed E-state index contributed by atoms with van der Waals surface area (Å²) in [4.78, 5) is 27.1. The number of aliphatic hydroxyl groups excluding tert-OH is 1. The number of benzene rings is 2. The van der Waals surface area contributed by atoms with Crippen molar-refractivity contribution in [3.8, 4) is 5.75 Å². The van der Waals surface area contributed by atoms with Crippen LogP contribution < -0.4 is 4.74 Å². The van der Waals surface area contributed by atoms with Gasteiger partial charge in [0.1, 0.15) is 17.3 Å². The number of carbonyl (C=O) groups is 2. The van der Waals surface area contributed by atoms with E-state index in [2.05, 4.69) is 0 Å². The largest absolute Gasteiger partial charge is 0.507 e. The lowest BCUT2D eigenvalue weighted by molar-refractivity contribution is -0.139. The predicted octanol–water partition coefficient (Wildman–Crippen LogP) is 5.23. The molecule has 0 aliphatic carbocycles. The second-order valence-electron chi connectivity index (χ2n) is 7.59. The molecule has 31 heavy (non-hydrogen) atoms. The highest BCUT2D eigenvalue weighted by molar-refractivity contribution is 6.46. The van der Waals surface area contributed by atoms with Crippen molar-refractivity contribution >= 4 is 17.4 Å². The fraction of sp³-hybridized carbons (Fsp3) is 0.360. The number of hydrogen-bond acceptors (Lipinski definition) is 4. The molecule has 164 valence electrons. The van der Waals surface area contributed by atoms with E-state index in [0.717, 1.165) is 19.3 Å². The van der Waals surface area contributed by atoms with Crippen LogP contribution in [0.3, 0.4) is 0 Å². The zero-order valence-electron chi connectivity index (χ0n) is 17.9. The molecular formula is C25H28FNO4. The molecule has 1 fully saturated rings. The summed E-state index contributed by atoms with van der Waals surface area (Å²) in [7, 11) is 0. The van der Waals surface area contributed by atoms with Crippen molar-refractivity contribution in [1.29, 1.82) is 0 Å². The Morgan fingerprint density at radius 2 is 1.74 bits per heavy atom. The van der Waals surface area contributed by atoms with Crippen LogP contribution in [0.2, 0.25) is 0 Å². The number of unbranched alkanes of at least 4 members (excludes halogenated alkanes) is 2. The molecule has 3 rings (SSSR count). The van der Waals surface area contributed by atoms with Crippen LogP contribution >= 0.6 is 0 Å². The van der Waals surface area contributed by atoms with Crippen LogP contribution in [0.5, 0.6) is 5.75 Å². The van der Waals surface area contributed by atoms with E-state index < -0.39 is 23.5 Å². The fourth-order valence-electron chi connectivity index (χ4n) is 3.75. The number of likely N-dealkylation sites (tertiary alicyclic amines) is 1. The lowest BCUT2D eigenvalue weighted by atomic mass is 9.95. The van der Waals surface area contributed by atoms with Gasteiger partial charge in [-0.05, 0) is 43.2 Å². The molecule has 0 bridgehead atoms. The molecule has 1 atom stereocenters. The molecule has 2 aromatic rings. The summed E-state index contributed by atoms with van der Waals surface area (Å²) in [6, 6.07) is 11.7. The molecule has 5 nitrogen and oxygen atoms in total. The topological polar surface area (TPSA) is 66.8 Å². The number of amides is 1. The van der Waals surface area contributed by atoms with Gasteiger partial charge in [-0.3, -0.25) is 9.59 Å². The molecule has 6 heteroatoms. The van der Waals surface area contributed by atoms with Crippen LogP contribution in [-0.4, -0.2) is 34.8 Å². The number of aliphatic hydroxyl groups is 1. The highest BCUT2D eigenvalue weighted by Crippen LogP contribution is 2.40. The molecule has 0 aromatic heterocycles. The maximum absolute atomic E-state index is 14.7. The SMILES string of the molecule is CCCCCN1C(=O)C(=O)/C(=C(\O)c2ccc(OCCC)cc2)C1c1ccccc1F. The molecular weight excluding hydrogens is 397 g/mol. The number of rotatable bonds is 9. The summed E-state index contributed by atoms with van der Waals surface area (Å²) in [6.45, 7) is 4.93. The third kappa shape index (κ3) is 4.79. The van der Waals surface area contributed by atoms with Gasteiger partial charge >= 0.3 is 0 Å². The first-order valence-corrected chi connectivity index (χ1v) is 10.8. The van der Waals surface area contributed by atoms with Gasteiger partial charge in [0.05, 0.1) is 18.2 Å². The number of ketones is 1. The molecule has 1 aliphatic rings. The van der Waals surface area contributed by atoms with Crippen molar-refractivity contribution in [2.75, 3.05) is 13.2 Å². The minimum atomic E-state index is -0.964. The number of carbonyl (C=O) groups excluding carboxylic acids is 2. The maximum Gasteiger partial charge on any atom is 0.295 e. The fourth-order valence-corrected chi connectivity index (χ4v) is 3.75. The van der Waals surface area contributed by atoms with Crippen molar-refractivity contribution < 1.29 is 23.8 Å². The second kappa shape index (κ2) is 10.2. The maximum atomic E-state index is 14.7. The van der Waals surface area contributed by atoms with E-state index in [1.165, 1.54) is 11.0 Å². The third-order valence-electron chi connectivity index (χ3n) is 5.34. The predicted molar refractivity (Wildman–Crippen MR) is 117 cm³/mol. The van der Waals surface area contributed by atoms with Crippen molar-refractivity contribution in [3.05, 3.63) is 71.0 Å². The third-order valence-corrected chi connectivity index (χ3v) is 5.34. The number of ether oxygens (including phenoxy) is 1. The quantitative estimate of drug-likeness (QED) is 0.259. The molecule has 2 aromatic carbocycles. The standard InChI is InChI=1S/C25H28FNO4/c1-3-5-8-15-27-22(19-9-6-7-10-20(19)26)21(24(29)25(27)30)23(28)17-11-13-18(14-12-17)31-16-4-2/h6-7,9-14,22,28H,3-5,8,15-16H2,1-2H3/b23-21-. The average molecular weight is 426 g/mol. The number of nitrogens with zero attached hydrogens (tertiary/aromatic N) is 1. The van der Waals surface area contributed by atoms with Crippen LogP contribution in [0.4, 0.5) is 4.39 Å². The molecule has 1 unspecified atom stereocenters. The molecule has 1 heterocycles. The Bertz CT molecular complexity index is 968. The lowest BCUT2D eigenvalue weighted by Gasteiger charge is -2.25. The van der Waals surface area contributed by atoms with Crippen molar-refractivity contribution in [2.45, 2.75) is 45.6 Å². The molecule has 1 N–H and O–H groups in total. The first-order chi connectivity index (χ1) is 15.0. The van der Waals surface area contributed by atoms with Crippen molar-refractivity contribution in [2.24, 2.45) is 0 Å². The summed E-state index contributed by atoms with van der Waals surface area (Å²) in [5, 5.41) is 11.0. The minimum Gasteiger partial charge on any atom is -0.507 e. The first-order valence-electron chi connectivity index (χ1n) is 10.8. The van der Waals surface area contributed by atoms with E-state index >= 15 is 0 Å². The van der Waals surface area contributed by atoms with Gasteiger partial charge in [0.25, 0.3) is 11.7 Å². The van der Waals surface area contributed by atoms with Crippen LogP contribution in [0.25, 0.3) is 5.76 Å². The Morgan fingerprint density at radius 3 is 2.39 bits per heavy atom. The molecule has 1 amide bonds. The zero-order chi connectivity index (χ0) is 22.4. The van der Waals surface area contributed by atoms with Crippen molar-refractivity contribution in [1.82, 2.24) is 4.90 Å². The first kappa shape index (κ1) is 22.5. The summed E-state index contributed by atoms with van der Waals surface area (Å²) in [5.41, 5.74) is 0.480. The number of Topliss-reactive ketones (excluding diaryl/α,β-unsaturated/α-hetero) is 1. The van der Waals surface area contributed by atoms with Gasteiger partial charge in [0, 0.05) is 17.7 Å². The van der Waals surface area contributed by atoms with E-state index in [1.54, 1.807) is 42.5 Å². The van der Waals surface area contributed by atoms with Gasteiger partial charge in [-0.1, -0.05) is 44.9 Å². The van der Waals surface area contributed by atoms with Gasteiger partial charge in [-0.15, -0.1) is 0 Å². The van der Waals surface area contributed by atoms with Crippen LogP contribution in [0.1, 0.15) is 56.7 Å². The van der Waals surface area contributed by atoms with Crippen LogP contribution in [0.15, 0.2) is 54.1 Å². The van der Waals surface area contributed by atoms with Gasteiger partial charge in [0.2, 0.25) is 0 Å². The Hall–Kier alpha value is -3.15. The van der Waals surface area contributed by atoms with E-state index in [4.69, 9.17) is 4.74 Å². The summed E-state index contributed by atoms with van der Waals surface area (Å²) >= 11 is 0. The Balaban J connectivity index is 2.05. The highest BCUT2D eigenvalue weighted by Gasteiger charge is 2.46. The summed E-state index contributed by atoms with van der Waals surface area (Å²) in [5.74, 6) is -1.71. The Kier molecular flexibility index (Phi) is 7.45. The monoisotopic (exact) mass is 425 g/mol. The summed E-state index contributed by atoms with van der Waals surface area (Å²) in [6.07, 6.45) is 3.39. The molecule has 0 radical (unpaired) electrons. The molecule has 1 saturated heterocycles.